The molecular formula is C13H20N2O2S. The number of carboxylic acid groups (broad SMARTS) is 1. The van der Waals surface area contributed by atoms with Crippen molar-refractivity contribution in [1.29, 1.82) is 0 Å². The number of hydrogen-bond acceptors (Lipinski definition) is 4. The van der Waals surface area contributed by atoms with Crippen LogP contribution in [0.1, 0.15) is 38.3 Å². The van der Waals surface area contributed by atoms with Crippen LogP contribution in [0.4, 0.5) is 5.13 Å². The Kier molecular flexibility index (Phi) is 4.58. The van der Waals surface area contributed by atoms with Gasteiger partial charge in [-0.05, 0) is 25.7 Å². The van der Waals surface area contributed by atoms with Crippen LogP contribution in [0.15, 0.2) is 5.38 Å². The summed E-state index contributed by atoms with van der Waals surface area (Å²) in [6, 6.07) is 0. The number of hydrogen-bond donors (Lipinski definition) is 1. The van der Waals surface area contributed by atoms with Gasteiger partial charge in [-0.15, -0.1) is 11.3 Å². The first-order chi connectivity index (χ1) is 8.69. The third-order valence-electron chi connectivity index (χ3n) is 3.49. The summed E-state index contributed by atoms with van der Waals surface area (Å²) in [7, 11) is 0. The maximum Gasteiger partial charge on any atom is 0.303 e. The highest BCUT2D eigenvalue weighted by Gasteiger charge is 2.21. The highest BCUT2D eigenvalue weighted by atomic mass is 32.1. The Morgan fingerprint density at radius 3 is 2.94 bits per heavy atom. The molecule has 1 aliphatic carbocycles. The lowest BCUT2D eigenvalue weighted by Gasteiger charge is -2.31. The second-order valence-corrected chi connectivity index (χ2v) is 5.69. The van der Waals surface area contributed by atoms with Gasteiger partial charge in [0.15, 0.2) is 5.13 Å². The van der Waals surface area contributed by atoms with Crippen LogP contribution in [0.2, 0.25) is 0 Å². The molecule has 1 N–H and O–H groups in total. The van der Waals surface area contributed by atoms with Crippen molar-refractivity contribution in [2.45, 2.75) is 39.0 Å². The lowest BCUT2D eigenvalue weighted by molar-refractivity contribution is -0.136. The Balaban J connectivity index is 1.91. The van der Waals surface area contributed by atoms with Gasteiger partial charge in [-0.2, -0.15) is 0 Å². The van der Waals surface area contributed by atoms with E-state index in [1.807, 2.05) is 5.38 Å². The highest BCUT2D eigenvalue weighted by Crippen LogP contribution is 2.30. The van der Waals surface area contributed by atoms with Crippen LogP contribution in [0.5, 0.6) is 0 Å². The molecule has 0 radical (unpaired) electrons. The first kappa shape index (κ1) is 13.3. The molecule has 4 nitrogen and oxygen atoms in total. The van der Waals surface area contributed by atoms with Crippen LogP contribution in [-0.4, -0.2) is 29.1 Å². The predicted octanol–water partition coefficient (Wildman–Crippen LogP) is 2.79. The molecule has 1 heterocycles. The zero-order valence-electron chi connectivity index (χ0n) is 10.8. The number of rotatable bonds is 7. The lowest BCUT2D eigenvalue weighted by atomic mass is 9.85. The lowest BCUT2D eigenvalue weighted by Crippen LogP contribution is -2.32. The smallest absolute Gasteiger partial charge is 0.303 e. The second-order valence-electron chi connectivity index (χ2n) is 4.85. The number of carboxylic acids is 1. The van der Waals surface area contributed by atoms with Crippen molar-refractivity contribution in [1.82, 2.24) is 4.98 Å². The molecule has 1 aromatic rings. The number of aryl methyl sites for hydroxylation is 1. The van der Waals surface area contributed by atoms with Crippen LogP contribution < -0.4 is 4.90 Å². The monoisotopic (exact) mass is 268 g/mol. The number of carbonyl (C=O) groups is 1. The fourth-order valence-electron chi connectivity index (χ4n) is 2.12. The zero-order valence-corrected chi connectivity index (χ0v) is 11.6. The van der Waals surface area contributed by atoms with Crippen molar-refractivity contribution in [3.05, 3.63) is 11.1 Å². The minimum absolute atomic E-state index is 0.165. The number of nitrogens with zero attached hydrogens (tertiary/aromatic N) is 2. The zero-order chi connectivity index (χ0) is 13.0. The molecule has 1 fully saturated rings. The summed E-state index contributed by atoms with van der Waals surface area (Å²) >= 11 is 1.63. The summed E-state index contributed by atoms with van der Waals surface area (Å²) in [5.74, 6) is 0.0719. The summed E-state index contributed by atoms with van der Waals surface area (Å²) in [5, 5.41) is 11.7. The molecule has 0 amide bonds. The molecule has 18 heavy (non-hydrogen) atoms. The fraction of sp³-hybridized carbons (Fsp3) is 0.692. The van der Waals surface area contributed by atoms with E-state index in [9.17, 15) is 4.79 Å². The Bertz CT molecular complexity index is 401. The largest absolute Gasteiger partial charge is 0.481 e. The van der Waals surface area contributed by atoms with Crippen LogP contribution in [0, 0.1) is 5.92 Å². The van der Waals surface area contributed by atoms with E-state index in [1.165, 1.54) is 19.3 Å². The Morgan fingerprint density at radius 2 is 2.39 bits per heavy atom. The third kappa shape index (κ3) is 3.45. The second kappa shape index (κ2) is 6.18. The van der Waals surface area contributed by atoms with E-state index in [0.29, 0.717) is 6.42 Å². The SMILES string of the molecule is CCN(CC1CCC1)c1nc(CCC(=O)O)cs1. The molecule has 0 aliphatic heterocycles. The summed E-state index contributed by atoms with van der Waals surface area (Å²) < 4.78 is 0. The van der Waals surface area contributed by atoms with Gasteiger partial charge in [-0.1, -0.05) is 6.42 Å². The molecule has 1 saturated carbocycles. The molecule has 0 saturated heterocycles. The number of thiazole rings is 1. The van der Waals surface area contributed by atoms with Crippen molar-refractivity contribution >= 4 is 22.4 Å². The first-order valence-electron chi connectivity index (χ1n) is 6.60. The molecule has 1 aromatic heterocycles. The van der Waals surface area contributed by atoms with E-state index in [1.54, 1.807) is 11.3 Å². The van der Waals surface area contributed by atoms with Gasteiger partial charge in [0.2, 0.25) is 0 Å². The molecule has 2 rings (SSSR count). The minimum atomic E-state index is -0.758. The highest BCUT2D eigenvalue weighted by molar-refractivity contribution is 7.13. The van der Waals surface area contributed by atoms with Gasteiger partial charge < -0.3 is 10.0 Å². The summed E-state index contributed by atoms with van der Waals surface area (Å²) in [6.07, 6.45) is 4.75. The minimum Gasteiger partial charge on any atom is -0.481 e. The number of aliphatic carboxylic acids is 1. The van der Waals surface area contributed by atoms with Crippen molar-refractivity contribution in [3.63, 3.8) is 0 Å². The van der Waals surface area contributed by atoms with Crippen LogP contribution in [-0.2, 0) is 11.2 Å². The van der Waals surface area contributed by atoms with Gasteiger partial charge in [-0.3, -0.25) is 4.79 Å². The quantitative estimate of drug-likeness (QED) is 0.826. The molecule has 100 valence electrons. The molecule has 0 unspecified atom stereocenters. The van der Waals surface area contributed by atoms with Gasteiger partial charge >= 0.3 is 5.97 Å². The summed E-state index contributed by atoms with van der Waals surface area (Å²) in [5.41, 5.74) is 0.907. The van der Waals surface area contributed by atoms with Gasteiger partial charge in [0, 0.05) is 24.9 Å². The van der Waals surface area contributed by atoms with E-state index >= 15 is 0 Å². The predicted molar refractivity (Wildman–Crippen MR) is 73.3 cm³/mol. The van der Waals surface area contributed by atoms with Crippen LogP contribution in [0.25, 0.3) is 0 Å². The van der Waals surface area contributed by atoms with Crippen molar-refractivity contribution < 1.29 is 9.90 Å². The molecule has 5 heteroatoms. The van der Waals surface area contributed by atoms with Gasteiger partial charge in [0.1, 0.15) is 0 Å². The van der Waals surface area contributed by atoms with Crippen molar-refractivity contribution in [2.24, 2.45) is 5.92 Å². The van der Waals surface area contributed by atoms with Gasteiger partial charge in [0.25, 0.3) is 0 Å². The fourth-order valence-corrected chi connectivity index (χ4v) is 3.06. The Labute approximate surface area is 112 Å². The first-order valence-corrected chi connectivity index (χ1v) is 7.48. The van der Waals surface area contributed by atoms with Crippen LogP contribution in [0.3, 0.4) is 0 Å². The van der Waals surface area contributed by atoms with Crippen molar-refractivity contribution in [3.8, 4) is 0 Å². The molecular weight excluding hydrogens is 248 g/mol. The van der Waals surface area contributed by atoms with E-state index < -0.39 is 5.97 Å². The van der Waals surface area contributed by atoms with E-state index in [0.717, 1.165) is 29.8 Å². The number of aromatic nitrogens is 1. The molecule has 0 spiro atoms. The van der Waals surface area contributed by atoms with E-state index in [2.05, 4.69) is 16.8 Å². The van der Waals surface area contributed by atoms with E-state index in [4.69, 9.17) is 5.11 Å². The average molecular weight is 268 g/mol. The summed E-state index contributed by atoms with van der Waals surface area (Å²) in [4.78, 5) is 17.4. The van der Waals surface area contributed by atoms with Gasteiger partial charge in [-0.25, -0.2) is 4.98 Å². The Hall–Kier alpha value is -1.10. The van der Waals surface area contributed by atoms with Crippen molar-refractivity contribution in [2.75, 3.05) is 18.0 Å². The number of anilines is 1. The molecule has 1 aliphatic rings. The van der Waals surface area contributed by atoms with Gasteiger partial charge in [0.05, 0.1) is 12.1 Å². The molecule has 0 aromatic carbocycles. The maximum atomic E-state index is 10.5. The summed E-state index contributed by atoms with van der Waals surface area (Å²) in [6.45, 7) is 4.22. The normalized spacial score (nSPS) is 15.4. The average Bonchev–Trinajstić information content (AvgIpc) is 2.74. The molecule has 0 bridgehead atoms. The van der Waals surface area contributed by atoms with Crippen LogP contribution >= 0.6 is 11.3 Å². The molecule has 0 atom stereocenters. The Morgan fingerprint density at radius 1 is 1.61 bits per heavy atom. The topological polar surface area (TPSA) is 53.4 Å². The maximum absolute atomic E-state index is 10.5. The standard InChI is InChI=1S/C13H20N2O2S/c1-2-15(8-10-4-3-5-10)13-14-11(9-18-13)6-7-12(16)17/h9-10H,2-8H2,1H3,(H,16,17). The van der Waals surface area contributed by atoms with E-state index in [-0.39, 0.29) is 6.42 Å². The third-order valence-corrected chi connectivity index (χ3v) is 4.44.